The molecule has 0 saturated carbocycles. The second kappa shape index (κ2) is 9.07. The van der Waals surface area contributed by atoms with Crippen molar-refractivity contribution < 1.29 is 9.47 Å². The number of rotatable bonds is 6. The Morgan fingerprint density at radius 2 is 1.92 bits per heavy atom. The van der Waals surface area contributed by atoms with Crippen LogP contribution in [0.3, 0.4) is 0 Å². The molecule has 0 bridgehead atoms. The molecule has 0 radical (unpaired) electrons. The zero-order chi connectivity index (χ0) is 18.5. The lowest BCUT2D eigenvalue weighted by molar-refractivity contribution is 0.267. The molecule has 3 rings (SSSR count). The van der Waals surface area contributed by atoms with Crippen molar-refractivity contribution in [3.05, 3.63) is 57.0 Å². The van der Waals surface area contributed by atoms with Gasteiger partial charge in [-0.05, 0) is 53.9 Å². The van der Waals surface area contributed by atoms with Crippen LogP contribution in [0.2, 0.25) is 5.02 Å². The zero-order valence-electron chi connectivity index (χ0n) is 14.6. The van der Waals surface area contributed by atoms with E-state index < -0.39 is 0 Å². The third-order valence-corrected chi connectivity index (χ3v) is 5.73. The maximum absolute atomic E-state index is 6.23. The minimum atomic E-state index is 0.369. The summed E-state index contributed by atoms with van der Waals surface area (Å²) in [5, 5.41) is 0.688. The Morgan fingerprint density at radius 1 is 1.19 bits per heavy atom. The average Bonchev–Trinajstić information content (AvgIpc) is 3.16. The standard InChI is InChI=1S/C20H21BrClNO2S/c1-2-24-18-12-15(20(26)23-9-5-6-10-23)11-16(21)19(18)25-13-14-7-3-4-8-17(14)22/h3-4,7-8,11-12H,2,5-6,9-10,13H2,1H3. The predicted molar refractivity (Wildman–Crippen MR) is 114 cm³/mol. The molecule has 1 saturated heterocycles. The maximum atomic E-state index is 6.23. The van der Waals surface area contributed by atoms with Crippen molar-refractivity contribution >= 4 is 44.7 Å². The lowest BCUT2D eigenvalue weighted by Gasteiger charge is -2.21. The first-order chi connectivity index (χ1) is 12.6. The van der Waals surface area contributed by atoms with Crippen molar-refractivity contribution in [3.8, 4) is 11.5 Å². The molecular weight excluding hydrogens is 434 g/mol. The van der Waals surface area contributed by atoms with Gasteiger partial charge in [0.1, 0.15) is 11.6 Å². The molecule has 0 aliphatic carbocycles. The van der Waals surface area contributed by atoms with Gasteiger partial charge in [-0.3, -0.25) is 0 Å². The Bertz CT molecular complexity index is 793. The first kappa shape index (κ1) is 19.5. The van der Waals surface area contributed by atoms with E-state index in [0.29, 0.717) is 29.7 Å². The largest absolute Gasteiger partial charge is 0.490 e. The van der Waals surface area contributed by atoms with Gasteiger partial charge in [0.2, 0.25) is 0 Å². The first-order valence-corrected chi connectivity index (χ1v) is 10.3. The quantitative estimate of drug-likeness (QED) is 0.510. The van der Waals surface area contributed by atoms with E-state index in [1.54, 1.807) is 0 Å². The van der Waals surface area contributed by atoms with Crippen LogP contribution in [0.4, 0.5) is 0 Å². The number of benzene rings is 2. The highest BCUT2D eigenvalue weighted by Crippen LogP contribution is 2.38. The lowest BCUT2D eigenvalue weighted by atomic mass is 10.2. The molecule has 26 heavy (non-hydrogen) atoms. The number of halogens is 2. The molecular formula is C20H21BrClNO2S. The van der Waals surface area contributed by atoms with Crippen LogP contribution in [0, 0.1) is 0 Å². The number of nitrogens with zero attached hydrogens (tertiary/aromatic N) is 1. The highest BCUT2D eigenvalue weighted by atomic mass is 79.9. The van der Waals surface area contributed by atoms with Crippen LogP contribution in [0.1, 0.15) is 30.9 Å². The molecule has 3 nitrogen and oxygen atoms in total. The second-order valence-electron chi connectivity index (χ2n) is 6.10. The van der Waals surface area contributed by atoms with Crippen LogP contribution in [0.25, 0.3) is 0 Å². The van der Waals surface area contributed by atoms with Gasteiger partial charge in [-0.1, -0.05) is 42.0 Å². The summed E-state index contributed by atoms with van der Waals surface area (Å²) in [5.41, 5.74) is 1.91. The van der Waals surface area contributed by atoms with E-state index in [1.165, 1.54) is 12.8 Å². The van der Waals surface area contributed by atoms with Crippen LogP contribution in [0.5, 0.6) is 11.5 Å². The number of thiocarbonyl (C=S) groups is 1. The molecule has 0 N–H and O–H groups in total. The van der Waals surface area contributed by atoms with E-state index in [9.17, 15) is 0 Å². The highest BCUT2D eigenvalue weighted by molar-refractivity contribution is 9.10. The summed E-state index contributed by atoms with van der Waals surface area (Å²) in [6.45, 7) is 4.91. The Labute approximate surface area is 173 Å². The van der Waals surface area contributed by atoms with Gasteiger partial charge in [0, 0.05) is 29.2 Å². The molecule has 0 unspecified atom stereocenters. The van der Waals surface area contributed by atoms with Crippen molar-refractivity contribution in [2.75, 3.05) is 19.7 Å². The van der Waals surface area contributed by atoms with Gasteiger partial charge >= 0.3 is 0 Å². The predicted octanol–water partition coefficient (Wildman–Crippen LogP) is 5.85. The number of hydrogen-bond acceptors (Lipinski definition) is 3. The average molecular weight is 455 g/mol. The molecule has 0 amide bonds. The molecule has 1 aliphatic heterocycles. The molecule has 2 aromatic rings. The van der Waals surface area contributed by atoms with Gasteiger partial charge in [0.25, 0.3) is 0 Å². The number of likely N-dealkylation sites (tertiary alicyclic amines) is 1. The van der Waals surface area contributed by atoms with Crippen LogP contribution in [-0.4, -0.2) is 29.6 Å². The summed E-state index contributed by atoms with van der Waals surface area (Å²) in [7, 11) is 0. The molecule has 1 heterocycles. The normalized spacial score (nSPS) is 13.7. The van der Waals surface area contributed by atoms with E-state index in [1.807, 2.05) is 43.3 Å². The van der Waals surface area contributed by atoms with Crippen molar-refractivity contribution in [3.63, 3.8) is 0 Å². The van der Waals surface area contributed by atoms with Crippen molar-refractivity contribution in [2.24, 2.45) is 0 Å². The van der Waals surface area contributed by atoms with Gasteiger partial charge < -0.3 is 14.4 Å². The summed E-state index contributed by atoms with van der Waals surface area (Å²) in [5.74, 6) is 1.35. The fourth-order valence-electron chi connectivity index (χ4n) is 2.96. The summed E-state index contributed by atoms with van der Waals surface area (Å²) in [6, 6.07) is 11.6. The van der Waals surface area contributed by atoms with Crippen molar-refractivity contribution in [1.29, 1.82) is 0 Å². The van der Waals surface area contributed by atoms with E-state index in [2.05, 4.69) is 20.8 Å². The summed E-state index contributed by atoms with van der Waals surface area (Å²) < 4.78 is 12.7. The lowest BCUT2D eigenvalue weighted by Crippen LogP contribution is -2.26. The Hall–Kier alpha value is -1.30. The fourth-order valence-corrected chi connectivity index (χ4v) is 4.01. The van der Waals surface area contributed by atoms with Gasteiger partial charge in [0.15, 0.2) is 11.5 Å². The van der Waals surface area contributed by atoms with E-state index >= 15 is 0 Å². The molecule has 0 aromatic heterocycles. The van der Waals surface area contributed by atoms with Crippen LogP contribution < -0.4 is 9.47 Å². The molecule has 6 heteroatoms. The Balaban J connectivity index is 1.84. The summed E-state index contributed by atoms with van der Waals surface area (Å²) in [6.07, 6.45) is 2.39. The van der Waals surface area contributed by atoms with Crippen molar-refractivity contribution in [2.45, 2.75) is 26.4 Å². The molecule has 0 spiro atoms. The Kier molecular flexibility index (Phi) is 6.79. The van der Waals surface area contributed by atoms with Gasteiger partial charge in [-0.2, -0.15) is 0 Å². The Morgan fingerprint density at radius 3 is 2.62 bits per heavy atom. The highest BCUT2D eigenvalue weighted by Gasteiger charge is 2.20. The third kappa shape index (κ3) is 4.51. The minimum absolute atomic E-state index is 0.369. The zero-order valence-corrected chi connectivity index (χ0v) is 17.8. The topological polar surface area (TPSA) is 21.7 Å². The van der Waals surface area contributed by atoms with E-state index in [-0.39, 0.29) is 0 Å². The number of hydrogen-bond donors (Lipinski definition) is 0. The minimum Gasteiger partial charge on any atom is -0.490 e. The van der Waals surface area contributed by atoms with Crippen molar-refractivity contribution in [1.82, 2.24) is 4.90 Å². The molecule has 2 aromatic carbocycles. The molecule has 0 atom stereocenters. The molecule has 1 aliphatic rings. The van der Waals surface area contributed by atoms with Gasteiger partial charge in [-0.15, -0.1) is 0 Å². The smallest absolute Gasteiger partial charge is 0.175 e. The summed E-state index contributed by atoms with van der Waals surface area (Å²) in [4.78, 5) is 3.11. The third-order valence-electron chi connectivity index (χ3n) is 4.28. The fraction of sp³-hybridized carbons (Fsp3) is 0.350. The molecule has 138 valence electrons. The summed E-state index contributed by atoms with van der Waals surface area (Å²) >= 11 is 15.5. The second-order valence-corrected chi connectivity index (χ2v) is 7.75. The monoisotopic (exact) mass is 453 g/mol. The molecule has 1 fully saturated rings. The van der Waals surface area contributed by atoms with Gasteiger partial charge in [0.05, 0.1) is 11.1 Å². The van der Waals surface area contributed by atoms with Gasteiger partial charge in [-0.25, -0.2) is 0 Å². The first-order valence-electron chi connectivity index (χ1n) is 8.72. The maximum Gasteiger partial charge on any atom is 0.175 e. The van der Waals surface area contributed by atoms with Crippen LogP contribution in [0.15, 0.2) is 40.9 Å². The van der Waals surface area contributed by atoms with E-state index in [0.717, 1.165) is 33.7 Å². The van der Waals surface area contributed by atoms with Crippen LogP contribution in [-0.2, 0) is 6.61 Å². The van der Waals surface area contributed by atoms with Crippen LogP contribution >= 0.6 is 39.7 Å². The SMILES string of the molecule is CCOc1cc(C(=S)N2CCCC2)cc(Br)c1OCc1ccccc1Cl. The van der Waals surface area contributed by atoms with E-state index in [4.69, 9.17) is 33.3 Å². The number of ether oxygens (including phenoxy) is 2.